The first kappa shape index (κ1) is 14.2. The van der Waals surface area contributed by atoms with Gasteiger partial charge in [0.05, 0.1) is 13.2 Å². The predicted molar refractivity (Wildman–Crippen MR) is 75.7 cm³/mol. The molecule has 19 heavy (non-hydrogen) atoms. The Morgan fingerprint density at radius 3 is 2.89 bits per heavy atom. The van der Waals surface area contributed by atoms with Gasteiger partial charge in [-0.2, -0.15) is 0 Å². The smallest absolute Gasteiger partial charge is 0.236 e. The van der Waals surface area contributed by atoms with E-state index in [2.05, 4.69) is 15.2 Å². The normalized spacial score (nSPS) is 15.8. The van der Waals surface area contributed by atoms with Gasteiger partial charge in [0.25, 0.3) is 0 Å². The number of methoxy groups -OCH3 is 1. The van der Waals surface area contributed by atoms with Gasteiger partial charge in [0, 0.05) is 51.4 Å². The van der Waals surface area contributed by atoms with Crippen LogP contribution in [0.3, 0.4) is 0 Å². The van der Waals surface area contributed by atoms with E-state index in [1.54, 1.807) is 18.4 Å². The van der Waals surface area contributed by atoms with E-state index in [4.69, 9.17) is 4.74 Å². The van der Waals surface area contributed by atoms with Crippen LogP contribution in [0.4, 0.5) is 5.13 Å². The van der Waals surface area contributed by atoms with Gasteiger partial charge in [0.15, 0.2) is 5.13 Å². The Kier molecular flexibility index (Phi) is 5.56. The van der Waals surface area contributed by atoms with Crippen LogP contribution in [0, 0.1) is 0 Å². The zero-order valence-corrected chi connectivity index (χ0v) is 12.0. The summed E-state index contributed by atoms with van der Waals surface area (Å²) in [6, 6.07) is 0. The molecule has 0 aliphatic carbocycles. The summed E-state index contributed by atoms with van der Waals surface area (Å²) in [5, 5.41) is 6.11. The topological polar surface area (TPSA) is 57.7 Å². The molecule has 1 saturated heterocycles. The summed E-state index contributed by atoms with van der Waals surface area (Å²) in [6.45, 7) is 4.98. The van der Waals surface area contributed by atoms with E-state index in [1.165, 1.54) is 0 Å². The molecule has 1 aliphatic heterocycles. The number of ether oxygens (including phenoxy) is 1. The minimum Gasteiger partial charge on any atom is -0.383 e. The van der Waals surface area contributed by atoms with Gasteiger partial charge in [-0.05, 0) is 0 Å². The molecule has 1 aliphatic rings. The van der Waals surface area contributed by atoms with Crippen molar-refractivity contribution in [3.8, 4) is 0 Å². The maximum atomic E-state index is 11.9. The van der Waals surface area contributed by atoms with Crippen LogP contribution in [-0.4, -0.2) is 68.8 Å². The lowest BCUT2D eigenvalue weighted by molar-refractivity contribution is -0.130. The lowest BCUT2D eigenvalue weighted by atomic mass is 10.3. The van der Waals surface area contributed by atoms with Gasteiger partial charge in [-0.15, -0.1) is 11.3 Å². The second-order valence-corrected chi connectivity index (χ2v) is 5.23. The molecule has 6 nitrogen and oxygen atoms in total. The number of amides is 1. The molecule has 1 fully saturated rings. The summed E-state index contributed by atoms with van der Waals surface area (Å²) in [5.74, 6) is 0.162. The highest BCUT2D eigenvalue weighted by Crippen LogP contribution is 2.18. The summed E-state index contributed by atoms with van der Waals surface area (Å²) in [5.41, 5.74) is 0. The van der Waals surface area contributed by atoms with Gasteiger partial charge >= 0.3 is 0 Å². The third-order valence-corrected chi connectivity index (χ3v) is 3.91. The SMILES string of the molecule is COCCNCC(=O)N1CCN(c2nccs2)CC1. The number of hydrogen-bond donors (Lipinski definition) is 1. The summed E-state index contributed by atoms with van der Waals surface area (Å²) >= 11 is 1.64. The van der Waals surface area contributed by atoms with E-state index < -0.39 is 0 Å². The number of anilines is 1. The number of rotatable bonds is 6. The van der Waals surface area contributed by atoms with Crippen molar-refractivity contribution in [1.82, 2.24) is 15.2 Å². The highest BCUT2D eigenvalue weighted by Gasteiger charge is 2.21. The van der Waals surface area contributed by atoms with Crippen LogP contribution in [0.5, 0.6) is 0 Å². The number of nitrogens with one attached hydrogen (secondary N) is 1. The van der Waals surface area contributed by atoms with Crippen LogP contribution in [0.1, 0.15) is 0 Å². The molecule has 0 aromatic carbocycles. The average Bonchev–Trinajstić information content (AvgIpc) is 2.98. The molecule has 1 amide bonds. The van der Waals surface area contributed by atoms with E-state index >= 15 is 0 Å². The number of carbonyl (C=O) groups excluding carboxylic acids is 1. The Hall–Kier alpha value is -1.18. The van der Waals surface area contributed by atoms with E-state index in [0.717, 1.165) is 31.3 Å². The molecule has 1 aromatic heterocycles. The maximum absolute atomic E-state index is 11.9. The molecule has 2 heterocycles. The fraction of sp³-hybridized carbons (Fsp3) is 0.667. The lowest BCUT2D eigenvalue weighted by Gasteiger charge is -2.34. The number of thiazole rings is 1. The number of carbonyl (C=O) groups is 1. The average molecular weight is 284 g/mol. The first-order valence-electron chi connectivity index (χ1n) is 6.43. The van der Waals surface area contributed by atoms with E-state index in [0.29, 0.717) is 19.7 Å². The van der Waals surface area contributed by atoms with Crippen LogP contribution in [0.15, 0.2) is 11.6 Å². The second kappa shape index (κ2) is 7.42. The van der Waals surface area contributed by atoms with Crippen LogP contribution in [0.2, 0.25) is 0 Å². The van der Waals surface area contributed by atoms with Crippen molar-refractivity contribution in [2.24, 2.45) is 0 Å². The molecule has 7 heteroatoms. The van der Waals surface area contributed by atoms with Crippen LogP contribution >= 0.6 is 11.3 Å². The van der Waals surface area contributed by atoms with Crippen molar-refractivity contribution in [2.45, 2.75) is 0 Å². The fourth-order valence-electron chi connectivity index (χ4n) is 2.00. The van der Waals surface area contributed by atoms with E-state index in [1.807, 2.05) is 16.5 Å². The Balaban J connectivity index is 1.69. The monoisotopic (exact) mass is 284 g/mol. The van der Waals surface area contributed by atoms with Gasteiger partial charge in [-0.1, -0.05) is 0 Å². The molecule has 0 saturated carbocycles. The zero-order valence-electron chi connectivity index (χ0n) is 11.2. The third-order valence-electron chi connectivity index (χ3n) is 3.08. The van der Waals surface area contributed by atoms with Crippen molar-refractivity contribution in [2.75, 3.05) is 57.9 Å². The van der Waals surface area contributed by atoms with Crippen molar-refractivity contribution >= 4 is 22.4 Å². The Labute approximate surface area is 117 Å². The van der Waals surface area contributed by atoms with Crippen LogP contribution in [-0.2, 0) is 9.53 Å². The lowest BCUT2D eigenvalue weighted by Crippen LogP contribution is -2.51. The molecular weight excluding hydrogens is 264 g/mol. The molecular formula is C12H20N4O2S. The number of piperazine rings is 1. The van der Waals surface area contributed by atoms with Gasteiger partial charge in [-0.25, -0.2) is 4.98 Å². The molecule has 0 atom stereocenters. The zero-order chi connectivity index (χ0) is 13.5. The molecule has 0 bridgehead atoms. The minimum atomic E-state index is 0.162. The molecule has 0 spiro atoms. The van der Waals surface area contributed by atoms with Gasteiger partial charge in [0.2, 0.25) is 5.91 Å². The number of nitrogens with zero attached hydrogens (tertiary/aromatic N) is 3. The van der Waals surface area contributed by atoms with E-state index in [-0.39, 0.29) is 5.91 Å². The first-order chi connectivity index (χ1) is 9.31. The molecule has 1 N–H and O–H groups in total. The van der Waals surface area contributed by atoms with Crippen molar-refractivity contribution in [3.05, 3.63) is 11.6 Å². The van der Waals surface area contributed by atoms with Gasteiger partial charge in [-0.3, -0.25) is 4.79 Å². The number of hydrogen-bond acceptors (Lipinski definition) is 6. The second-order valence-electron chi connectivity index (χ2n) is 4.35. The molecule has 2 rings (SSSR count). The van der Waals surface area contributed by atoms with Crippen molar-refractivity contribution in [1.29, 1.82) is 0 Å². The quantitative estimate of drug-likeness (QED) is 0.747. The molecule has 106 valence electrons. The summed E-state index contributed by atoms with van der Waals surface area (Å²) in [4.78, 5) is 20.4. The Morgan fingerprint density at radius 2 is 2.26 bits per heavy atom. The van der Waals surface area contributed by atoms with Crippen LogP contribution < -0.4 is 10.2 Å². The van der Waals surface area contributed by atoms with Crippen molar-refractivity contribution in [3.63, 3.8) is 0 Å². The summed E-state index contributed by atoms with van der Waals surface area (Å²) in [7, 11) is 1.65. The standard InChI is InChI=1S/C12H20N4O2S/c1-18-8-2-13-10-11(17)15-4-6-16(7-5-15)12-14-3-9-19-12/h3,9,13H,2,4-8,10H2,1H3. The summed E-state index contributed by atoms with van der Waals surface area (Å²) in [6.07, 6.45) is 1.82. The van der Waals surface area contributed by atoms with E-state index in [9.17, 15) is 4.79 Å². The largest absolute Gasteiger partial charge is 0.383 e. The van der Waals surface area contributed by atoms with Gasteiger partial charge < -0.3 is 19.9 Å². The third kappa shape index (κ3) is 4.15. The highest BCUT2D eigenvalue weighted by molar-refractivity contribution is 7.13. The Bertz CT molecular complexity index is 377. The molecule has 1 aromatic rings. The molecule has 0 radical (unpaired) electrons. The van der Waals surface area contributed by atoms with Crippen LogP contribution in [0.25, 0.3) is 0 Å². The maximum Gasteiger partial charge on any atom is 0.236 e. The van der Waals surface area contributed by atoms with Crippen molar-refractivity contribution < 1.29 is 9.53 Å². The van der Waals surface area contributed by atoms with Gasteiger partial charge in [0.1, 0.15) is 0 Å². The predicted octanol–water partition coefficient (Wildman–Crippen LogP) is 0.0277. The first-order valence-corrected chi connectivity index (χ1v) is 7.31. The highest BCUT2D eigenvalue weighted by atomic mass is 32.1. The summed E-state index contributed by atoms with van der Waals surface area (Å²) < 4.78 is 4.92. The minimum absolute atomic E-state index is 0.162. The molecule has 0 unspecified atom stereocenters. The number of aromatic nitrogens is 1. The Morgan fingerprint density at radius 1 is 1.47 bits per heavy atom. The fourth-order valence-corrected chi connectivity index (χ4v) is 2.70.